The molecule has 0 amide bonds. The van der Waals surface area contributed by atoms with Crippen molar-refractivity contribution in [1.29, 1.82) is 0 Å². The van der Waals surface area contributed by atoms with Crippen molar-refractivity contribution in [3.05, 3.63) is 72.3 Å². The van der Waals surface area contributed by atoms with Gasteiger partial charge in [0.1, 0.15) is 7.11 Å². The van der Waals surface area contributed by atoms with E-state index in [1.165, 1.54) is 0 Å². The smallest absolute Gasteiger partial charge is 0.262 e. The molecular weight excluding hydrogens is 348 g/mol. The fourth-order valence-corrected chi connectivity index (χ4v) is 4.50. The summed E-state index contributed by atoms with van der Waals surface area (Å²) in [5, 5.41) is 1.47. The van der Waals surface area contributed by atoms with Crippen LogP contribution in [0.25, 0.3) is 21.8 Å². The first-order chi connectivity index (χ1) is 12.5. The molecule has 0 fully saturated rings. The minimum atomic E-state index is -3.76. The van der Waals surface area contributed by atoms with Gasteiger partial charge in [0, 0.05) is 16.5 Å². The van der Waals surface area contributed by atoms with Crippen LogP contribution in [0.2, 0.25) is 0 Å². The number of anilines is 1. The van der Waals surface area contributed by atoms with E-state index < -0.39 is 10.0 Å². The van der Waals surface area contributed by atoms with Gasteiger partial charge in [0.15, 0.2) is 0 Å². The molecule has 0 aliphatic heterocycles. The Morgan fingerprint density at radius 1 is 0.885 bits per heavy atom. The minimum absolute atomic E-state index is 0.225. The van der Waals surface area contributed by atoms with E-state index >= 15 is 0 Å². The maximum absolute atomic E-state index is 13.1. The fourth-order valence-electron chi connectivity index (χ4n) is 3.20. The van der Waals surface area contributed by atoms with E-state index in [-0.39, 0.29) is 4.90 Å². The summed E-state index contributed by atoms with van der Waals surface area (Å²) in [6.07, 6.45) is 0. The van der Waals surface area contributed by atoms with Gasteiger partial charge < -0.3 is 4.84 Å². The van der Waals surface area contributed by atoms with Crippen molar-refractivity contribution in [3.8, 4) is 0 Å². The van der Waals surface area contributed by atoms with E-state index in [2.05, 4.69) is 4.72 Å². The van der Waals surface area contributed by atoms with Crippen molar-refractivity contribution in [1.82, 2.24) is 4.73 Å². The molecule has 0 aliphatic carbocycles. The number of rotatable bonds is 4. The van der Waals surface area contributed by atoms with Crippen LogP contribution in [0.1, 0.15) is 5.56 Å². The summed E-state index contributed by atoms with van der Waals surface area (Å²) in [5.74, 6) is 0. The molecule has 0 unspecified atom stereocenters. The number of hydrogen-bond donors (Lipinski definition) is 1. The summed E-state index contributed by atoms with van der Waals surface area (Å²) in [5.41, 5.74) is 3.13. The highest BCUT2D eigenvalue weighted by atomic mass is 32.2. The second kappa shape index (κ2) is 6.07. The average Bonchev–Trinajstić information content (AvgIpc) is 2.97. The third-order valence-electron chi connectivity index (χ3n) is 4.39. The van der Waals surface area contributed by atoms with Crippen LogP contribution in [0, 0.1) is 6.92 Å². The summed E-state index contributed by atoms with van der Waals surface area (Å²) in [4.78, 5) is 5.71. The van der Waals surface area contributed by atoms with Crippen LogP contribution in [0.3, 0.4) is 0 Å². The number of nitrogens with zero attached hydrogens (tertiary/aromatic N) is 1. The zero-order chi connectivity index (χ0) is 18.3. The Kier molecular flexibility index (Phi) is 3.85. The van der Waals surface area contributed by atoms with Gasteiger partial charge in [-0.2, -0.15) is 4.73 Å². The molecule has 3 aromatic carbocycles. The Balaban J connectivity index is 1.95. The van der Waals surface area contributed by atoms with Crippen LogP contribution in [-0.2, 0) is 10.0 Å². The van der Waals surface area contributed by atoms with Crippen molar-refractivity contribution < 1.29 is 13.3 Å². The zero-order valence-electron chi connectivity index (χ0n) is 14.4. The highest BCUT2D eigenvalue weighted by Gasteiger charge is 2.22. The largest absolute Gasteiger partial charge is 0.416 e. The molecule has 0 spiro atoms. The van der Waals surface area contributed by atoms with Gasteiger partial charge in [0.2, 0.25) is 0 Å². The first-order valence-corrected chi connectivity index (χ1v) is 9.66. The lowest BCUT2D eigenvalue weighted by atomic mass is 10.1. The lowest BCUT2D eigenvalue weighted by Crippen LogP contribution is -2.13. The average molecular weight is 366 g/mol. The van der Waals surface area contributed by atoms with Crippen LogP contribution in [0.15, 0.2) is 71.6 Å². The van der Waals surface area contributed by atoms with E-state index in [1.54, 1.807) is 36.1 Å². The van der Waals surface area contributed by atoms with Crippen molar-refractivity contribution in [3.63, 3.8) is 0 Å². The molecule has 132 valence electrons. The molecule has 1 aromatic heterocycles. The number of aryl methyl sites for hydroxylation is 1. The molecule has 4 rings (SSSR count). The molecule has 1 N–H and O–H groups in total. The zero-order valence-corrected chi connectivity index (χ0v) is 15.2. The molecule has 5 nitrogen and oxygen atoms in total. The summed E-state index contributed by atoms with van der Waals surface area (Å²) in [7, 11) is -2.19. The van der Waals surface area contributed by atoms with Crippen LogP contribution < -0.4 is 9.56 Å². The van der Waals surface area contributed by atoms with Gasteiger partial charge in [-0.15, -0.1) is 0 Å². The summed E-state index contributed by atoms with van der Waals surface area (Å²) < 4.78 is 30.5. The van der Waals surface area contributed by atoms with Gasteiger partial charge in [-0.05, 0) is 37.3 Å². The SMILES string of the molecule is COn1c2ccccc2c2c(S(=O)(=O)Nc3ccc(C)cc3)cccc21. The first-order valence-electron chi connectivity index (χ1n) is 8.17. The normalized spacial score (nSPS) is 11.8. The molecule has 6 heteroatoms. The molecule has 1 heterocycles. The third kappa shape index (κ3) is 2.59. The number of benzene rings is 3. The Morgan fingerprint density at radius 3 is 2.31 bits per heavy atom. The first kappa shape index (κ1) is 16.5. The van der Waals surface area contributed by atoms with Crippen LogP contribution >= 0.6 is 0 Å². The molecule has 0 saturated heterocycles. The monoisotopic (exact) mass is 366 g/mol. The number of fused-ring (bicyclic) bond motifs is 3. The summed E-state index contributed by atoms with van der Waals surface area (Å²) in [6, 6.07) is 20.0. The molecule has 0 saturated carbocycles. The highest BCUT2D eigenvalue weighted by molar-refractivity contribution is 7.93. The predicted octanol–water partition coefficient (Wildman–Crippen LogP) is 3.96. The van der Waals surface area contributed by atoms with Gasteiger partial charge in [0.25, 0.3) is 10.0 Å². The van der Waals surface area contributed by atoms with Gasteiger partial charge >= 0.3 is 0 Å². The number of aromatic nitrogens is 1. The highest BCUT2D eigenvalue weighted by Crippen LogP contribution is 2.33. The Labute approximate surface area is 151 Å². The van der Waals surface area contributed by atoms with Gasteiger partial charge in [-0.1, -0.05) is 42.0 Å². The van der Waals surface area contributed by atoms with E-state index in [0.29, 0.717) is 16.6 Å². The van der Waals surface area contributed by atoms with Crippen molar-refractivity contribution in [2.24, 2.45) is 0 Å². The molecular formula is C20H18N2O3S. The van der Waals surface area contributed by atoms with E-state index in [9.17, 15) is 8.42 Å². The number of para-hydroxylation sites is 1. The number of hydrogen-bond acceptors (Lipinski definition) is 3. The van der Waals surface area contributed by atoms with Crippen molar-refractivity contribution in [2.45, 2.75) is 11.8 Å². The Hall–Kier alpha value is -2.99. The molecule has 0 bridgehead atoms. The lowest BCUT2D eigenvalue weighted by molar-refractivity contribution is 0.190. The predicted molar refractivity (Wildman–Crippen MR) is 104 cm³/mol. The Morgan fingerprint density at radius 2 is 1.58 bits per heavy atom. The van der Waals surface area contributed by atoms with Gasteiger partial charge in [0.05, 0.1) is 15.9 Å². The maximum Gasteiger partial charge on any atom is 0.262 e. The molecule has 0 radical (unpaired) electrons. The second-order valence-corrected chi connectivity index (χ2v) is 7.77. The standard InChI is InChI=1S/C20H18N2O3S/c1-14-10-12-15(13-11-14)21-26(23,24)19-9-5-8-18-20(19)16-6-3-4-7-17(16)22(18)25-2/h3-13,21H,1-2H3. The lowest BCUT2D eigenvalue weighted by Gasteiger charge is -2.10. The van der Waals surface area contributed by atoms with E-state index in [1.807, 2.05) is 49.4 Å². The molecule has 4 aromatic rings. The van der Waals surface area contributed by atoms with Crippen molar-refractivity contribution in [2.75, 3.05) is 11.8 Å². The van der Waals surface area contributed by atoms with Crippen LogP contribution in [-0.4, -0.2) is 20.3 Å². The quantitative estimate of drug-likeness (QED) is 0.595. The number of sulfonamides is 1. The summed E-state index contributed by atoms with van der Waals surface area (Å²) in [6.45, 7) is 1.96. The van der Waals surface area contributed by atoms with E-state index in [4.69, 9.17) is 4.84 Å². The fraction of sp³-hybridized carbons (Fsp3) is 0.100. The minimum Gasteiger partial charge on any atom is -0.416 e. The number of nitrogens with one attached hydrogen (secondary N) is 1. The summed E-state index contributed by atoms with van der Waals surface area (Å²) >= 11 is 0. The molecule has 0 atom stereocenters. The van der Waals surface area contributed by atoms with Crippen LogP contribution in [0.5, 0.6) is 0 Å². The second-order valence-electron chi connectivity index (χ2n) is 6.12. The Bertz CT molecular complexity index is 1210. The topological polar surface area (TPSA) is 60.3 Å². The van der Waals surface area contributed by atoms with Gasteiger partial charge in [-0.25, -0.2) is 8.42 Å². The molecule has 0 aliphatic rings. The molecule has 26 heavy (non-hydrogen) atoms. The maximum atomic E-state index is 13.1. The van der Waals surface area contributed by atoms with Crippen molar-refractivity contribution >= 4 is 37.5 Å². The van der Waals surface area contributed by atoms with Gasteiger partial charge in [-0.3, -0.25) is 4.72 Å². The van der Waals surface area contributed by atoms with E-state index in [0.717, 1.165) is 16.5 Å². The van der Waals surface area contributed by atoms with Crippen LogP contribution in [0.4, 0.5) is 5.69 Å². The third-order valence-corrected chi connectivity index (χ3v) is 5.81.